The largest absolute Gasteiger partial charge is 0.393 e. The standard InChI is InChI=1S/C21H32O3/c1-12(22)16-6-7-17-15-5-4-13-10-14(23)8-9-20(13,2)19(15)18(24)11-21(16,17)3/h13-17,19,23H,4-11H2,1-3H3/t13?,14-,15?,16?,17?,19?,20?,21?/m1/s1. The lowest BCUT2D eigenvalue weighted by molar-refractivity contribution is -0.162. The summed E-state index contributed by atoms with van der Waals surface area (Å²) < 4.78 is 0. The number of hydrogen-bond acceptors (Lipinski definition) is 3. The van der Waals surface area contributed by atoms with Crippen LogP contribution >= 0.6 is 0 Å². The van der Waals surface area contributed by atoms with Crippen LogP contribution in [-0.2, 0) is 9.59 Å². The highest BCUT2D eigenvalue weighted by Gasteiger charge is 2.63. The van der Waals surface area contributed by atoms with Gasteiger partial charge in [0.2, 0.25) is 0 Å². The number of rotatable bonds is 1. The fourth-order valence-electron chi connectivity index (χ4n) is 7.72. The molecule has 134 valence electrons. The molecule has 4 fully saturated rings. The van der Waals surface area contributed by atoms with Gasteiger partial charge in [-0.2, -0.15) is 0 Å². The second-order valence-corrected chi connectivity index (χ2v) is 9.85. The van der Waals surface area contributed by atoms with Crippen molar-refractivity contribution in [3.05, 3.63) is 0 Å². The Morgan fingerprint density at radius 1 is 1.08 bits per heavy atom. The van der Waals surface area contributed by atoms with E-state index in [1.54, 1.807) is 6.92 Å². The van der Waals surface area contributed by atoms with Crippen molar-refractivity contribution >= 4 is 11.6 Å². The Bertz CT molecular complexity index is 569. The quantitative estimate of drug-likeness (QED) is 0.795. The van der Waals surface area contributed by atoms with Crippen LogP contribution in [0.3, 0.4) is 0 Å². The van der Waals surface area contributed by atoms with Gasteiger partial charge >= 0.3 is 0 Å². The van der Waals surface area contributed by atoms with Gasteiger partial charge in [-0.1, -0.05) is 13.8 Å². The summed E-state index contributed by atoms with van der Waals surface area (Å²) in [4.78, 5) is 25.5. The average molecular weight is 332 g/mol. The summed E-state index contributed by atoms with van der Waals surface area (Å²) in [6.45, 7) is 6.28. The average Bonchev–Trinajstić information content (AvgIpc) is 2.84. The highest BCUT2D eigenvalue weighted by atomic mass is 16.3. The molecule has 8 atom stereocenters. The Hall–Kier alpha value is -0.700. The van der Waals surface area contributed by atoms with E-state index >= 15 is 0 Å². The summed E-state index contributed by atoms with van der Waals surface area (Å²) in [5.41, 5.74) is -0.0175. The van der Waals surface area contributed by atoms with E-state index in [0.717, 1.165) is 44.9 Å². The molecule has 24 heavy (non-hydrogen) atoms. The monoisotopic (exact) mass is 332 g/mol. The Balaban J connectivity index is 1.68. The highest BCUT2D eigenvalue weighted by molar-refractivity contribution is 5.87. The fraction of sp³-hybridized carbons (Fsp3) is 0.905. The highest BCUT2D eigenvalue weighted by Crippen LogP contribution is 2.66. The first kappa shape index (κ1) is 16.8. The van der Waals surface area contributed by atoms with Crippen molar-refractivity contribution in [1.82, 2.24) is 0 Å². The zero-order valence-corrected chi connectivity index (χ0v) is 15.4. The number of hydrogen-bond donors (Lipinski definition) is 1. The van der Waals surface area contributed by atoms with Crippen molar-refractivity contribution in [2.24, 2.45) is 40.4 Å². The van der Waals surface area contributed by atoms with E-state index in [2.05, 4.69) is 13.8 Å². The minimum absolute atomic E-state index is 0.0782. The second-order valence-electron chi connectivity index (χ2n) is 9.85. The van der Waals surface area contributed by atoms with Crippen molar-refractivity contribution in [2.75, 3.05) is 0 Å². The van der Waals surface area contributed by atoms with E-state index in [0.29, 0.717) is 30.0 Å². The molecule has 0 aromatic carbocycles. The third kappa shape index (κ3) is 2.12. The zero-order valence-electron chi connectivity index (χ0n) is 15.4. The number of aliphatic hydroxyl groups excluding tert-OH is 1. The molecule has 4 rings (SSSR count). The van der Waals surface area contributed by atoms with Crippen molar-refractivity contribution < 1.29 is 14.7 Å². The first-order valence-corrected chi connectivity index (χ1v) is 9.98. The molecule has 3 heteroatoms. The molecule has 7 unspecified atom stereocenters. The van der Waals surface area contributed by atoms with Gasteiger partial charge < -0.3 is 5.11 Å². The van der Waals surface area contributed by atoms with E-state index in [-0.39, 0.29) is 34.6 Å². The summed E-state index contributed by atoms with van der Waals surface area (Å²) in [6.07, 6.45) is 7.53. The molecule has 0 amide bonds. The molecule has 0 saturated heterocycles. The topological polar surface area (TPSA) is 54.4 Å². The van der Waals surface area contributed by atoms with E-state index < -0.39 is 0 Å². The van der Waals surface area contributed by atoms with E-state index in [9.17, 15) is 14.7 Å². The minimum atomic E-state index is -0.169. The SMILES string of the molecule is CC(=O)C1CCC2C3CCC4C[C@H](O)CCC4(C)C3C(=O)CC12C. The molecule has 0 heterocycles. The first-order chi connectivity index (χ1) is 11.3. The lowest BCUT2D eigenvalue weighted by Crippen LogP contribution is -2.58. The molecule has 4 saturated carbocycles. The summed E-state index contributed by atoms with van der Waals surface area (Å²) in [6, 6.07) is 0. The van der Waals surface area contributed by atoms with Crippen LogP contribution in [0.4, 0.5) is 0 Å². The second kappa shape index (κ2) is 5.40. The lowest BCUT2D eigenvalue weighted by Gasteiger charge is -2.59. The molecule has 0 aromatic rings. The number of ketones is 2. The first-order valence-electron chi connectivity index (χ1n) is 9.98. The molecule has 0 aromatic heterocycles. The van der Waals surface area contributed by atoms with Crippen LogP contribution in [0, 0.1) is 40.4 Å². The van der Waals surface area contributed by atoms with Gasteiger partial charge in [-0.05, 0) is 80.5 Å². The van der Waals surface area contributed by atoms with Crippen LogP contribution in [0.2, 0.25) is 0 Å². The molecule has 4 aliphatic rings. The van der Waals surface area contributed by atoms with Gasteiger partial charge in [0.15, 0.2) is 0 Å². The third-order valence-electron chi connectivity index (χ3n) is 8.81. The number of carbonyl (C=O) groups is 2. The van der Waals surface area contributed by atoms with Gasteiger partial charge in [-0.3, -0.25) is 9.59 Å². The fourth-order valence-corrected chi connectivity index (χ4v) is 7.72. The zero-order chi connectivity index (χ0) is 17.3. The molecule has 0 aliphatic heterocycles. The van der Waals surface area contributed by atoms with Crippen LogP contribution in [0.25, 0.3) is 0 Å². The van der Waals surface area contributed by atoms with Crippen molar-refractivity contribution in [1.29, 1.82) is 0 Å². The normalized spacial score (nSPS) is 53.9. The predicted octanol–water partition coefficient (Wildman–Crippen LogP) is 3.77. The molecular formula is C21H32O3. The molecule has 0 spiro atoms. The Kier molecular flexibility index (Phi) is 3.77. The van der Waals surface area contributed by atoms with Gasteiger partial charge in [0.25, 0.3) is 0 Å². The Labute approximate surface area is 145 Å². The summed E-state index contributed by atoms with van der Waals surface area (Å²) in [5.74, 6) is 2.48. The molecular weight excluding hydrogens is 300 g/mol. The van der Waals surface area contributed by atoms with Crippen molar-refractivity contribution in [3.63, 3.8) is 0 Å². The van der Waals surface area contributed by atoms with Crippen molar-refractivity contribution in [2.45, 2.75) is 78.2 Å². The maximum atomic E-state index is 13.3. The van der Waals surface area contributed by atoms with Crippen LogP contribution in [0.15, 0.2) is 0 Å². The maximum absolute atomic E-state index is 13.3. The van der Waals surface area contributed by atoms with Gasteiger partial charge in [0.1, 0.15) is 11.6 Å². The molecule has 0 radical (unpaired) electrons. The predicted molar refractivity (Wildman–Crippen MR) is 92.3 cm³/mol. The van der Waals surface area contributed by atoms with E-state index in [1.165, 1.54) is 0 Å². The van der Waals surface area contributed by atoms with Crippen LogP contribution < -0.4 is 0 Å². The van der Waals surface area contributed by atoms with E-state index in [4.69, 9.17) is 0 Å². The smallest absolute Gasteiger partial charge is 0.137 e. The van der Waals surface area contributed by atoms with Crippen LogP contribution in [-0.4, -0.2) is 22.8 Å². The molecule has 4 aliphatic carbocycles. The maximum Gasteiger partial charge on any atom is 0.137 e. The lowest BCUT2D eigenvalue weighted by atomic mass is 9.44. The van der Waals surface area contributed by atoms with E-state index in [1.807, 2.05) is 0 Å². The van der Waals surface area contributed by atoms with Gasteiger partial charge in [-0.25, -0.2) is 0 Å². The number of carbonyl (C=O) groups excluding carboxylic acids is 2. The van der Waals surface area contributed by atoms with Crippen LogP contribution in [0.1, 0.15) is 72.1 Å². The van der Waals surface area contributed by atoms with Crippen molar-refractivity contribution in [3.8, 4) is 0 Å². The van der Waals surface area contributed by atoms with Crippen LogP contribution in [0.5, 0.6) is 0 Å². The summed E-state index contributed by atoms with van der Waals surface area (Å²) in [7, 11) is 0. The third-order valence-corrected chi connectivity index (χ3v) is 8.81. The molecule has 1 N–H and O–H groups in total. The Morgan fingerprint density at radius 2 is 1.83 bits per heavy atom. The number of aliphatic hydroxyl groups is 1. The number of fused-ring (bicyclic) bond motifs is 5. The van der Waals surface area contributed by atoms with Gasteiger partial charge in [0, 0.05) is 18.3 Å². The van der Waals surface area contributed by atoms with Gasteiger partial charge in [-0.15, -0.1) is 0 Å². The molecule has 0 bridgehead atoms. The summed E-state index contributed by atoms with van der Waals surface area (Å²) in [5, 5.41) is 10.1. The summed E-state index contributed by atoms with van der Waals surface area (Å²) >= 11 is 0. The number of Topliss-reactive ketones (excluding diaryl/α,β-unsaturated/α-hetero) is 2. The molecule has 3 nitrogen and oxygen atoms in total. The Morgan fingerprint density at radius 3 is 2.54 bits per heavy atom. The van der Waals surface area contributed by atoms with Gasteiger partial charge in [0.05, 0.1) is 6.10 Å². The minimum Gasteiger partial charge on any atom is -0.393 e.